The number of carbonyl (C=O) groups excluding carboxylic acids is 2. The summed E-state index contributed by atoms with van der Waals surface area (Å²) in [7, 11) is 0. The molecule has 0 saturated carbocycles. The van der Waals surface area contributed by atoms with Gasteiger partial charge in [0.2, 0.25) is 5.91 Å². The number of ether oxygens (including phenoxy) is 1. The van der Waals surface area contributed by atoms with E-state index < -0.39 is 0 Å². The summed E-state index contributed by atoms with van der Waals surface area (Å²) >= 11 is 0. The first-order valence-electron chi connectivity index (χ1n) is 9.58. The fraction of sp³-hybridized carbons (Fsp3) is 0.450. The smallest absolute Gasteiger partial charge is 0.271 e. The minimum atomic E-state index is -0.276. The van der Waals surface area contributed by atoms with Crippen molar-refractivity contribution in [1.82, 2.24) is 25.2 Å². The minimum absolute atomic E-state index is 0.0673. The maximum Gasteiger partial charge on any atom is 0.271 e. The zero-order chi connectivity index (χ0) is 19.3. The molecule has 146 valence electrons. The summed E-state index contributed by atoms with van der Waals surface area (Å²) in [5, 5.41) is 2.83. The van der Waals surface area contributed by atoms with Gasteiger partial charge in [-0.2, -0.15) is 0 Å². The highest BCUT2D eigenvalue weighted by atomic mass is 16.5. The molecule has 0 aromatic carbocycles. The molecule has 8 nitrogen and oxygen atoms in total. The molecule has 0 atom stereocenters. The van der Waals surface area contributed by atoms with Gasteiger partial charge in [0.15, 0.2) is 0 Å². The average molecular weight is 381 g/mol. The van der Waals surface area contributed by atoms with Crippen molar-refractivity contribution in [3.63, 3.8) is 0 Å². The molecule has 8 heteroatoms. The quantitative estimate of drug-likeness (QED) is 0.852. The zero-order valence-corrected chi connectivity index (χ0v) is 15.6. The van der Waals surface area contributed by atoms with Crippen molar-refractivity contribution in [3.8, 4) is 0 Å². The summed E-state index contributed by atoms with van der Waals surface area (Å²) < 4.78 is 5.36. The van der Waals surface area contributed by atoms with E-state index in [-0.39, 0.29) is 23.4 Å². The van der Waals surface area contributed by atoms with Gasteiger partial charge >= 0.3 is 0 Å². The molecule has 2 aromatic heterocycles. The summed E-state index contributed by atoms with van der Waals surface area (Å²) in [6, 6.07) is 2.03. The van der Waals surface area contributed by atoms with E-state index in [9.17, 15) is 9.59 Å². The Kier molecular flexibility index (Phi) is 5.57. The van der Waals surface area contributed by atoms with E-state index in [4.69, 9.17) is 4.74 Å². The van der Waals surface area contributed by atoms with Gasteiger partial charge in [0.05, 0.1) is 6.20 Å². The van der Waals surface area contributed by atoms with Crippen LogP contribution >= 0.6 is 0 Å². The Balaban J connectivity index is 1.39. The van der Waals surface area contributed by atoms with E-state index >= 15 is 0 Å². The second kappa shape index (κ2) is 8.43. The highest BCUT2D eigenvalue weighted by molar-refractivity contribution is 5.91. The van der Waals surface area contributed by atoms with Crippen LogP contribution in [0.15, 0.2) is 30.9 Å². The Bertz CT molecular complexity index is 852. The van der Waals surface area contributed by atoms with Crippen LogP contribution in [0.4, 0.5) is 0 Å². The van der Waals surface area contributed by atoms with Gasteiger partial charge in [-0.15, -0.1) is 0 Å². The van der Waals surface area contributed by atoms with Crippen molar-refractivity contribution in [2.45, 2.75) is 32.4 Å². The highest BCUT2D eigenvalue weighted by Crippen LogP contribution is 2.23. The van der Waals surface area contributed by atoms with E-state index in [0.717, 1.165) is 36.1 Å². The summed E-state index contributed by atoms with van der Waals surface area (Å²) in [6.45, 7) is 2.96. The van der Waals surface area contributed by atoms with Gasteiger partial charge in [-0.25, -0.2) is 4.98 Å². The first-order chi connectivity index (χ1) is 13.7. The molecular formula is C20H23N5O3. The largest absolute Gasteiger partial charge is 0.381 e. The maximum atomic E-state index is 12.8. The fourth-order valence-corrected chi connectivity index (χ4v) is 3.65. The fourth-order valence-electron chi connectivity index (χ4n) is 3.65. The van der Waals surface area contributed by atoms with Gasteiger partial charge in [-0.05, 0) is 30.0 Å². The lowest BCUT2D eigenvalue weighted by Gasteiger charge is -2.32. The molecule has 2 aromatic rings. The number of rotatable bonds is 4. The molecule has 1 N–H and O–H groups in total. The molecule has 1 fully saturated rings. The molecule has 0 radical (unpaired) electrons. The molecule has 1 saturated heterocycles. The van der Waals surface area contributed by atoms with Gasteiger partial charge < -0.3 is 15.0 Å². The van der Waals surface area contributed by atoms with Crippen LogP contribution in [0.1, 0.15) is 40.2 Å². The van der Waals surface area contributed by atoms with Crippen molar-refractivity contribution >= 4 is 11.8 Å². The number of hydrogen-bond donors (Lipinski definition) is 1. The second-order valence-corrected chi connectivity index (χ2v) is 7.12. The third-order valence-corrected chi connectivity index (χ3v) is 5.23. The number of fused-ring (bicyclic) bond motifs is 1. The third kappa shape index (κ3) is 4.17. The summed E-state index contributed by atoms with van der Waals surface area (Å²) in [4.78, 5) is 39.3. The van der Waals surface area contributed by atoms with Crippen LogP contribution in [-0.4, -0.2) is 51.4 Å². The predicted octanol–water partition coefficient (Wildman–Crippen LogP) is 1.11. The average Bonchev–Trinajstić information content (AvgIpc) is 2.77. The first-order valence-corrected chi connectivity index (χ1v) is 9.58. The Hall–Kier alpha value is -2.87. The van der Waals surface area contributed by atoms with E-state index in [2.05, 4.69) is 20.3 Å². The first kappa shape index (κ1) is 18.5. The van der Waals surface area contributed by atoms with Crippen LogP contribution in [0, 0.1) is 5.92 Å². The minimum Gasteiger partial charge on any atom is -0.381 e. The summed E-state index contributed by atoms with van der Waals surface area (Å²) in [6.07, 6.45) is 8.59. The second-order valence-electron chi connectivity index (χ2n) is 7.12. The molecule has 0 spiro atoms. The number of pyridine rings is 1. The lowest BCUT2D eigenvalue weighted by atomic mass is 9.96. The summed E-state index contributed by atoms with van der Waals surface area (Å²) in [5.74, 6) is 0.00941. The van der Waals surface area contributed by atoms with Crippen LogP contribution in [0.25, 0.3) is 0 Å². The van der Waals surface area contributed by atoms with E-state index in [1.807, 2.05) is 11.0 Å². The molecule has 0 bridgehead atoms. The van der Waals surface area contributed by atoms with E-state index in [1.165, 1.54) is 18.6 Å². The Morgan fingerprint density at radius 1 is 1.18 bits per heavy atom. The van der Waals surface area contributed by atoms with Crippen molar-refractivity contribution < 1.29 is 14.3 Å². The standard InChI is InChI=1S/C20H23N5O3/c26-19(18-12-21-4-5-22-18)24-11-14-9-16-13-25(6-1-17(16)23-10-14)20(27)15-2-7-28-8-3-15/h4-5,9-10,12,15H,1-3,6-8,11,13H2,(H,24,26). The van der Waals surface area contributed by atoms with Crippen LogP contribution < -0.4 is 5.32 Å². The number of carbonyl (C=O) groups is 2. The number of nitrogens with one attached hydrogen (secondary N) is 1. The number of aromatic nitrogens is 3. The molecule has 2 aliphatic heterocycles. The van der Waals surface area contributed by atoms with Crippen LogP contribution in [0.3, 0.4) is 0 Å². The van der Waals surface area contributed by atoms with E-state index in [1.54, 1.807) is 6.20 Å². The number of hydrogen-bond acceptors (Lipinski definition) is 6. The van der Waals surface area contributed by atoms with Crippen molar-refractivity contribution in [3.05, 3.63) is 53.4 Å². The van der Waals surface area contributed by atoms with Gasteiger partial charge in [0.1, 0.15) is 5.69 Å². The van der Waals surface area contributed by atoms with Crippen molar-refractivity contribution in [2.24, 2.45) is 5.92 Å². The van der Waals surface area contributed by atoms with Crippen molar-refractivity contribution in [1.29, 1.82) is 0 Å². The normalized spacial score (nSPS) is 17.1. The lowest BCUT2D eigenvalue weighted by molar-refractivity contribution is -0.139. The molecule has 2 aliphatic rings. The lowest BCUT2D eigenvalue weighted by Crippen LogP contribution is -2.41. The third-order valence-electron chi connectivity index (χ3n) is 5.23. The molecule has 0 unspecified atom stereocenters. The SMILES string of the molecule is O=C(NCc1cnc2c(c1)CN(C(=O)C1CCOCC1)CC2)c1cnccn1. The monoisotopic (exact) mass is 381 g/mol. The zero-order valence-electron chi connectivity index (χ0n) is 15.6. The van der Waals surface area contributed by atoms with Gasteiger partial charge in [-0.3, -0.25) is 19.6 Å². The van der Waals surface area contributed by atoms with E-state index in [0.29, 0.717) is 32.8 Å². The Labute approximate surface area is 163 Å². The predicted molar refractivity (Wildman–Crippen MR) is 100 cm³/mol. The van der Waals surface area contributed by atoms with Crippen molar-refractivity contribution in [2.75, 3.05) is 19.8 Å². The van der Waals surface area contributed by atoms with Gasteiger partial charge in [-0.1, -0.05) is 0 Å². The van der Waals surface area contributed by atoms with Gasteiger partial charge in [0.25, 0.3) is 5.91 Å². The van der Waals surface area contributed by atoms with Gasteiger partial charge in [0, 0.05) is 69.5 Å². The molecule has 4 rings (SSSR count). The number of nitrogens with zero attached hydrogens (tertiary/aromatic N) is 4. The van der Waals surface area contributed by atoms with Crippen LogP contribution in [0.2, 0.25) is 0 Å². The topological polar surface area (TPSA) is 97.3 Å². The molecule has 0 aliphatic carbocycles. The maximum absolute atomic E-state index is 12.8. The Morgan fingerprint density at radius 3 is 2.82 bits per heavy atom. The molecule has 28 heavy (non-hydrogen) atoms. The highest BCUT2D eigenvalue weighted by Gasteiger charge is 2.29. The molecular weight excluding hydrogens is 358 g/mol. The van der Waals surface area contributed by atoms with Crippen LogP contribution in [-0.2, 0) is 29.0 Å². The summed E-state index contributed by atoms with van der Waals surface area (Å²) in [5.41, 5.74) is 3.26. The molecule has 2 amide bonds. The molecule has 4 heterocycles. The van der Waals surface area contributed by atoms with Crippen LogP contribution in [0.5, 0.6) is 0 Å². The Morgan fingerprint density at radius 2 is 2.04 bits per heavy atom. The number of amides is 2.